The molecule has 134 valence electrons. The van der Waals surface area contributed by atoms with Crippen molar-refractivity contribution in [1.29, 1.82) is 0 Å². The predicted octanol–water partition coefficient (Wildman–Crippen LogP) is 1.86. The molecule has 3 aromatic rings. The summed E-state index contributed by atoms with van der Waals surface area (Å²) in [5.41, 5.74) is 2.42. The lowest BCUT2D eigenvalue weighted by atomic mass is 10.2. The first kappa shape index (κ1) is 16.8. The first-order valence-corrected chi connectivity index (χ1v) is 9.22. The van der Waals surface area contributed by atoms with Crippen molar-refractivity contribution in [2.75, 3.05) is 13.1 Å². The number of aryl methyl sites for hydroxylation is 1. The number of thiazole rings is 1. The van der Waals surface area contributed by atoms with E-state index in [-0.39, 0.29) is 12.0 Å². The third-order valence-corrected chi connectivity index (χ3v) is 5.12. The molecule has 4 rings (SSSR count). The van der Waals surface area contributed by atoms with E-state index >= 15 is 0 Å². The van der Waals surface area contributed by atoms with Gasteiger partial charge in [-0.3, -0.25) is 4.79 Å². The van der Waals surface area contributed by atoms with Gasteiger partial charge in [0.05, 0.1) is 29.1 Å². The number of hydrogen-bond donors (Lipinski definition) is 0. The maximum atomic E-state index is 12.7. The van der Waals surface area contributed by atoms with Gasteiger partial charge in [0.15, 0.2) is 0 Å². The van der Waals surface area contributed by atoms with Crippen LogP contribution in [0.3, 0.4) is 0 Å². The van der Waals surface area contributed by atoms with Crippen molar-refractivity contribution < 1.29 is 9.53 Å². The van der Waals surface area contributed by atoms with Crippen LogP contribution in [0.15, 0.2) is 36.0 Å². The van der Waals surface area contributed by atoms with Crippen molar-refractivity contribution in [1.82, 2.24) is 30.1 Å². The van der Waals surface area contributed by atoms with Gasteiger partial charge in [-0.15, -0.1) is 16.4 Å². The number of tetrazole rings is 1. The van der Waals surface area contributed by atoms with E-state index in [1.807, 2.05) is 29.3 Å². The fourth-order valence-electron chi connectivity index (χ4n) is 2.95. The van der Waals surface area contributed by atoms with Crippen LogP contribution in [-0.4, -0.2) is 55.2 Å². The van der Waals surface area contributed by atoms with Gasteiger partial charge in [-0.1, -0.05) is 0 Å². The van der Waals surface area contributed by atoms with Crippen molar-refractivity contribution in [2.45, 2.75) is 26.1 Å². The maximum Gasteiger partial charge on any atom is 0.253 e. The van der Waals surface area contributed by atoms with Gasteiger partial charge in [-0.05, 0) is 48.0 Å². The normalized spacial score (nSPS) is 17.0. The highest BCUT2D eigenvalue weighted by atomic mass is 32.1. The lowest BCUT2D eigenvalue weighted by Crippen LogP contribution is -2.30. The van der Waals surface area contributed by atoms with Crippen LogP contribution in [0.1, 0.15) is 27.5 Å². The molecule has 0 N–H and O–H groups in total. The van der Waals surface area contributed by atoms with Gasteiger partial charge in [-0.25, -0.2) is 9.67 Å². The molecule has 0 saturated carbocycles. The lowest BCUT2D eigenvalue weighted by molar-refractivity contribution is 0.0424. The summed E-state index contributed by atoms with van der Waals surface area (Å²) in [6, 6.07) is 7.26. The summed E-state index contributed by atoms with van der Waals surface area (Å²) >= 11 is 1.62. The van der Waals surface area contributed by atoms with Crippen LogP contribution < -0.4 is 0 Å². The van der Waals surface area contributed by atoms with E-state index in [0.29, 0.717) is 25.3 Å². The topological polar surface area (TPSA) is 86.0 Å². The van der Waals surface area contributed by atoms with Crippen LogP contribution in [0.25, 0.3) is 5.69 Å². The molecule has 1 aliphatic heterocycles. The third kappa shape index (κ3) is 3.63. The lowest BCUT2D eigenvalue weighted by Gasteiger charge is -2.17. The molecule has 0 unspecified atom stereocenters. The van der Waals surface area contributed by atoms with Gasteiger partial charge in [0, 0.05) is 24.0 Å². The molecular weight excluding hydrogens is 352 g/mol. The van der Waals surface area contributed by atoms with Crippen LogP contribution >= 0.6 is 11.3 Å². The van der Waals surface area contributed by atoms with E-state index in [1.54, 1.807) is 28.2 Å². The molecule has 9 heteroatoms. The van der Waals surface area contributed by atoms with Crippen molar-refractivity contribution >= 4 is 17.2 Å². The second-order valence-corrected chi connectivity index (χ2v) is 7.19. The Balaban J connectivity index is 1.33. The predicted molar refractivity (Wildman–Crippen MR) is 95.1 cm³/mol. The van der Waals surface area contributed by atoms with Crippen LogP contribution in [-0.2, 0) is 11.3 Å². The van der Waals surface area contributed by atoms with Crippen molar-refractivity contribution in [3.05, 3.63) is 52.2 Å². The van der Waals surface area contributed by atoms with Gasteiger partial charge in [0.25, 0.3) is 5.91 Å². The number of nitrogens with zero attached hydrogens (tertiary/aromatic N) is 6. The molecule has 0 bridgehead atoms. The number of aromatic nitrogens is 5. The monoisotopic (exact) mass is 370 g/mol. The Bertz CT molecular complexity index is 877. The quantitative estimate of drug-likeness (QED) is 0.681. The van der Waals surface area contributed by atoms with Gasteiger partial charge in [0.2, 0.25) is 0 Å². The number of ether oxygens (including phenoxy) is 1. The first-order valence-electron chi connectivity index (χ1n) is 8.34. The zero-order valence-corrected chi connectivity index (χ0v) is 15.1. The van der Waals surface area contributed by atoms with E-state index in [4.69, 9.17) is 4.74 Å². The molecule has 8 nitrogen and oxygen atoms in total. The Kier molecular flexibility index (Phi) is 4.72. The van der Waals surface area contributed by atoms with Gasteiger partial charge in [0.1, 0.15) is 6.33 Å². The molecule has 0 aliphatic carbocycles. The highest BCUT2D eigenvalue weighted by Gasteiger charge is 2.27. The number of amides is 1. The van der Waals surface area contributed by atoms with Crippen LogP contribution in [0.2, 0.25) is 0 Å². The smallest absolute Gasteiger partial charge is 0.253 e. The number of carbonyl (C=O) groups excluding carboxylic acids is 1. The summed E-state index contributed by atoms with van der Waals surface area (Å²) in [7, 11) is 0. The molecule has 1 fully saturated rings. The molecule has 3 heterocycles. The Morgan fingerprint density at radius 1 is 1.35 bits per heavy atom. The van der Waals surface area contributed by atoms with Crippen LogP contribution in [0, 0.1) is 6.92 Å². The molecule has 1 saturated heterocycles. The zero-order chi connectivity index (χ0) is 17.9. The molecule has 0 radical (unpaired) electrons. The summed E-state index contributed by atoms with van der Waals surface area (Å²) in [6.45, 7) is 3.79. The van der Waals surface area contributed by atoms with Crippen LogP contribution in [0.4, 0.5) is 0 Å². The van der Waals surface area contributed by atoms with E-state index in [0.717, 1.165) is 22.8 Å². The second-order valence-electron chi connectivity index (χ2n) is 6.13. The minimum atomic E-state index is 0.0175. The number of rotatable bonds is 5. The SMILES string of the molecule is Cc1nc(CO[C@@H]2CCN(C(=O)c3ccc(-n4cnnn4)cc3)C2)cs1. The van der Waals surface area contributed by atoms with Gasteiger partial charge in [-0.2, -0.15) is 0 Å². The van der Waals surface area contributed by atoms with Gasteiger partial charge < -0.3 is 9.64 Å². The number of benzene rings is 1. The molecule has 1 atom stereocenters. The van der Waals surface area contributed by atoms with E-state index in [2.05, 4.69) is 20.5 Å². The van der Waals surface area contributed by atoms with E-state index in [9.17, 15) is 4.79 Å². The van der Waals surface area contributed by atoms with E-state index in [1.165, 1.54) is 6.33 Å². The Morgan fingerprint density at radius 2 is 2.19 bits per heavy atom. The number of hydrogen-bond acceptors (Lipinski definition) is 7. The molecule has 1 aliphatic rings. The summed E-state index contributed by atoms with van der Waals surface area (Å²) in [4.78, 5) is 18.9. The first-order chi connectivity index (χ1) is 12.7. The molecule has 26 heavy (non-hydrogen) atoms. The fraction of sp³-hybridized carbons (Fsp3) is 0.353. The Morgan fingerprint density at radius 3 is 2.88 bits per heavy atom. The molecular formula is C17H18N6O2S. The third-order valence-electron chi connectivity index (χ3n) is 4.29. The number of likely N-dealkylation sites (tertiary alicyclic amines) is 1. The Hall–Kier alpha value is -2.65. The largest absolute Gasteiger partial charge is 0.370 e. The minimum Gasteiger partial charge on any atom is -0.370 e. The Labute approximate surface area is 154 Å². The molecule has 0 spiro atoms. The van der Waals surface area contributed by atoms with Crippen molar-refractivity contribution in [3.63, 3.8) is 0 Å². The van der Waals surface area contributed by atoms with Gasteiger partial charge >= 0.3 is 0 Å². The maximum absolute atomic E-state index is 12.7. The summed E-state index contributed by atoms with van der Waals surface area (Å²) < 4.78 is 7.46. The minimum absolute atomic E-state index is 0.0175. The zero-order valence-electron chi connectivity index (χ0n) is 14.3. The van der Waals surface area contributed by atoms with E-state index < -0.39 is 0 Å². The molecule has 1 aromatic carbocycles. The average Bonchev–Trinajstić information content (AvgIpc) is 3.41. The van der Waals surface area contributed by atoms with Crippen LogP contribution in [0.5, 0.6) is 0 Å². The second kappa shape index (κ2) is 7.30. The van der Waals surface area contributed by atoms with Crippen molar-refractivity contribution in [3.8, 4) is 5.69 Å². The summed E-state index contributed by atoms with van der Waals surface area (Å²) in [5, 5.41) is 14.1. The van der Waals surface area contributed by atoms with Crippen molar-refractivity contribution in [2.24, 2.45) is 0 Å². The summed E-state index contributed by atoms with van der Waals surface area (Å²) in [5.74, 6) is 0.0175. The molecule has 1 amide bonds. The highest BCUT2D eigenvalue weighted by Crippen LogP contribution is 2.19. The number of carbonyl (C=O) groups is 1. The standard InChI is InChI=1S/C17H18N6O2S/c1-12-19-14(10-26-12)9-25-16-6-7-22(8-16)17(24)13-2-4-15(5-3-13)23-11-18-20-21-23/h2-5,10-11,16H,6-9H2,1H3/t16-/m1/s1. The highest BCUT2D eigenvalue weighted by molar-refractivity contribution is 7.09. The molecule has 2 aromatic heterocycles. The summed E-state index contributed by atoms with van der Waals surface area (Å²) in [6.07, 6.45) is 2.42. The average molecular weight is 370 g/mol. The fourth-order valence-corrected chi connectivity index (χ4v) is 3.54.